The number of ketones is 1. The smallest absolute Gasteiger partial charge is 0.244 e. The molecule has 3 rings (SSSR count). The van der Waals surface area contributed by atoms with Crippen LogP contribution in [0, 0.1) is 0 Å². The Bertz CT molecular complexity index is 1040. The van der Waals surface area contributed by atoms with Crippen molar-refractivity contribution < 1.29 is 27.1 Å². The first kappa shape index (κ1) is 19.2. The second-order valence-corrected chi connectivity index (χ2v) is 8.32. The van der Waals surface area contributed by atoms with Gasteiger partial charge in [0.15, 0.2) is 5.76 Å². The van der Waals surface area contributed by atoms with Crippen molar-refractivity contribution in [3.05, 3.63) is 64.2 Å². The van der Waals surface area contributed by atoms with Gasteiger partial charge in [-0.05, 0) is 36.4 Å². The van der Waals surface area contributed by atoms with E-state index in [9.17, 15) is 13.2 Å². The topological polar surface area (TPSA) is 94.8 Å². The van der Waals surface area contributed by atoms with Crippen LogP contribution in [-0.2, 0) is 16.6 Å². The number of carbonyl (C=O) groups excluding carboxylic acids is 1. The maximum atomic E-state index is 12.6. The minimum atomic E-state index is -3.81. The predicted octanol–water partition coefficient (Wildman–Crippen LogP) is 3.07. The lowest BCUT2D eigenvalue weighted by Crippen LogP contribution is -2.23. The van der Waals surface area contributed by atoms with E-state index in [0.29, 0.717) is 15.5 Å². The number of sulfonamides is 1. The molecule has 0 aliphatic carbocycles. The lowest BCUT2D eigenvalue weighted by molar-refractivity contribution is 0.101. The fraction of sp³-hybridized carbons (Fsp3) is 0.167. The van der Waals surface area contributed by atoms with Crippen molar-refractivity contribution in [1.29, 1.82) is 0 Å². The third-order valence-corrected chi connectivity index (χ3v) is 6.25. The van der Waals surface area contributed by atoms with Gasteiger partial charge in [-0.25, -0.2) is 13.1 Å². The van der Waals surface area contributed by atoms with E-state index in [1.54, 1.807) is 30.3 Å². The van der Waals surface area contributed by atoms with Gasteiger partial charge in [0.05, 0.1) is 25.4 Å². The zero-order valence-corrected chi connectivity index (χ0v) is 16.2. The number of methoxy groups -OCH3 is 2. The molecule has 0 fully saturated rings. The summed E-state index contributed by atoms with van der Waals surface area (Å²) in [6.45, 7) is 0.0492. The first-order valence-corrected chi connectivity index (χ1v) is 10.1. The van der Waals surface area contributed by atoms with Crippen molar-refractivity contribution >= 4 is 27.1 Å². The number of carbonyl (C=O) groups is 1. The molecule has 0 saturated carbocycles. The molecule has 27 heavy (non-hydrogen) atoms. The van der Waals surface area contributed by atoms with E-state index in [2.05, 4.69) is 4.72 Å². The van der Waals surface area contributed by atoms with E-state index in [-0.39, 0.29) is 28.7 Å². The molecule has 9 heteroatoms. The van der Waals surface area contributed by atoms with Crippen LogP contribution in [0.25, 0.3) is 0 Å². The van der Waals surface area contributed by atoms with Gasteiger partial charge in [0.25, 0.3) is 0 Å². The lowest BCUT2D eigenvalue weighted by Gasteiger charge is -2.11. The molecule has 7 nitrogen and oxygen atoms in total. The van der Waals surface area contributed by atoms with Crippen molar-refractivity contribution in [1.82, 2.24) is 4.72 Å². The van der Waals surface area contributed by atoms with Crippen LogP contribution in [-0.4, -0.2) is 28.4 Å². The van der Waals surface area contributed by atoms with Gasteiger partial charge in [0, 0.05) is 17.5 Å². The van der Waals surface area contributed by atoms with Gasteiger partial charge in [-0.2, -0.15) is 0 Å². The highest BCUT2D eigenvalue weighted by molar-refractivity contribution is 7.89. The summed E-state index contributed by atoms with van der Waals surface area (Å²) in [6.07, 6.45) is 1.43. The molecule has 3 aromatic rings. The van der Waals surface area contributed by atoms with Crippen molar-refractivity contribution in [3.63, 3.8) is 0 Å². The van der Waals surface area contributed by atoms with Gasteiger partial charge >= 0.3 is 0 Å². The third kappa shape index (κ3) is 4.21. The molecule has 1 aromatic carbocycles. The Labute approximate surface area is 160 Å². The van der Waals surface area contributed by atoms with E-state index in [1.165, 1.54) is 44.0 Å². The molecule has 0 saturated heterocycles. The number of rotatable bonds is 8. The number of hydrogen-bond acceptors (Lipinski definition) is 7. The largest absolute Gasteiger partial charge is 0.497 e. The third-order valence-electron chi connectivity index (χ3n) is 3.73. The normalized spacial score (nSPS) is 11.3. The summed E-state index contributed by atoms with van der Waals surface area (Å²) in [7, 11) is -0.934. The number of hydrogen-bond donors (Lipinski definition) is 1. The van der Waals surface area contributed by atoms with Gasteiger partial charge in [0.2, 0.25) is 15.8 Å². The van der Waals surface area contributed by atoms with E-state index in [0.717, 1.165) is 0 Å². The van der Waals surface area contributed by atoms with Crippen LogP contribution in [0.1, 0.15) is 20.3 Å². The monoisotopic (exact) mass is 407 g/mol. The van der Waals surface area contributed by atoms with Crippen molar-refractivity contribution in [3.8, 4) is 11.5 Å². The Hall–Kier alpha value is -2.62. The first-order valence-electron chi connectivity index (χ1n) is 7.83. The Kier molecular flexibility index (Phi) is 5.64. The highest BCUT2D eigenvalue weighted by Crippen LogP contribution is 2.28. The van der Waals surface area contributed by atoms with Crippen LogP contribution in [0.4, 0.5) is 0 Å². The molecule has 0 spiro atoms. The van der Waals surface area contributed by atoms with E-state index < -0.39 is 10.0 Å². The van der Waals surface area contributed by atoms with Crippen molar-refractivity contribution in [2.24, 2.45) is 0 Å². The lowest BCUT2D eigenvalue weighted by atomic mass is 10.2. The molecular weight excluding hydrogens is 390 g/mol. The summed E-state index contributed by atoms with van der Waals surface area (Å²) >= 11 is 1.20. The van der Waals surface area contributed by atoms with Crippen molar-refractivity contribution in [2.75, 3.05) is 14.2 Å². The summed E-state index contributed by atoms with van der Waals surface area (Å²) in [6, 6.07) is 11.0. The van der Waals surface area contributed by atoms with Crippen LogP contribution in [0.2, 0.25) is 0 Å². The average Bonchev–Trinajstić information content (AvgIpc) is 3.37. The average molecular weight is 407 g/mol. The quantitative estimate of drug-likeness (QED) is 0.577. The van der Waals surface area contributed by atoms with E-state index >= 15 is 0 Å². The number of nitrogens with one attached hydrogen (secondary N) is 1. The summed E-state index contributed by atoms with van der Waals surface area (Å²) in [4.78, 5) is 13.4. The van der Waals surface area contributed by atoms with Gasteiger partial charge in [-0.15, -0.1) is 11.3 Å². The first-order chi connectivity index (χ1) is 12.9. The Morgan fingerprint density at radius 2 is 1.96 bits per heavy atom. The van der Waals surface area contributed by atoms with E-state index in [1.807, 2.05) is 0 Å². The van der Waals surface area contributed by atoms with Crippen LogP contribution < -0.4 is 14.2 Å². The summed E-state index contributed by atoms with van der Waals surface area (Å²) in [5.41, 5.74) is 0. The fourth-order valence-electron chi connectivity index (χ4n) is 2.36. The number of ether oxygens (including phenoxy) is 2. The molecule has 1 N–H and O–H groups in total. The van der Waals surface area contributed by atoms with E-state index in [4.69, 9.17) is 13.9 Å². The van der Waals surface area contributed by atoms with Crippen LogP contribution in [0.15, 0.2) is 58.0 Å². The summed E-state index contributed by atoms with van der Waals surface area (Å²) < 4.78 is 43.0. The highest BCUT2D eigenvalue weighted by Gasteiger charge is 2.21. The number of benzene rings is 1. The predicted molar refractivity (Wildman–Crippen MR) is 100 cm³/mol. The second kappa shape index (κ2) is 7.95. The molecule has 0 amide bonds. The second-order valence-electron chi connectivity index (χ2n) is 5.41. The Morgan fingerprint density at radius 1 is 1.15 bits per heavy atom. The zero-order valence-electron chi connectivity index (χ0n) is 14.6. The van der Waals surface area contributed by atoms with Crippen molar-refractivity contribution in [2.45, 2.75) is 11.4 Å². The zero-order chi connectivity index (χ0) is 19.4. The Balaban J connectivity index is 1.74. The van der Waals surface area contributed by atoms with Gasteiger partial charge < -0.3 is 13.9 Å². The van der Waals surface area contributed by atoms with Crippen LogP contribution >= 0.6 is 11.3 Å². The molecular formula is C18H17NO6S2. The fourth-order valence-corrected chi connectivity index (χ4v) is 4.50. The molecule has 0 bridgehead atoms. The molecule has 0 atom stereocenters. The molecule has 142 valence electrons. The summed E-state index contributed by atoms with van der Waals surface area (Å²) in [5, 5.41) is 0. The molecule has 2 heterocycles. The molecule has 0 aliphatic rings. The molecule has 0 unspecified atom stereocenters. The minimum absolute atomic E-state index is 0.00856. The SMILES string of the molecule is COc1ccc(S(=O)(=O)NCc2ccc(C(=O)c3ccco3)s2)c(OC)c1. The van der Waals surface area contributed by atoms with Gasteiger partial charge in [-0.3, -0.25) is 4.79 Å². The molecule has 0 aliphatic heterocycles. The minimum Gasteiger partial charge on any atom is -0.497 e. The maximum absolute atomic E-state index is 12.6. The standard InChI is InChI=1S/C18H17NO6S2/c1-23-12-5-8-17(15(10-12)24-2)27(21,22)19-11-13-6-7-16(26-13)18(20)14-4-3-9-25-14/h3-10,19H,11H2,1-2H3. The van der Waals surface area contributed by atoms with Gasteiger partial charge in [-0.1, -0.05) is 0 Å². The number of thiophene rings is 1. The summed E-state index contributed by atoms with van der Waals surface area (Å²) in [5.74, 6) is 0.676. The highest BCUT2D eigenvalue weighted by atomic mass is 32.2. The Morgan fingerprint density at radius 3 is 2.63 bits per heavy atom. The molecule has 0 radical (unpaired) electrons. The number of furan rings is 1. The van der Waals surface area contributed by atoms with Crippen LogP contribution in [0.3, 0.4) is 0 Å². The molecule has 2 aromatic heterocycles. The maximum Gasteiger partial charge on any atom is 0.244 e. The van der Waals surface area contributed by atoms with Crippen LogP contribution in [0.5, 0.6) is 11.5 Å². The van der Waals surface area contributed by atoms with Gasteiger partial charge in [0.1, 0.15) is 16.4 Å².